The summed E-state index contributed by atoms with van der Waals surface area (Å²) in [6.07, 6.45) is 5.43. The van der Waals surface area contributed by atoms with Crippen LogP contribution >= 0.6 is 0 Å². The van der Waals surface area contributed by atoms with Crippen LogP contribution < -0.4 is 16.9 Å². The van der Waals surface area contributed by atoms with Crippen molar-refractivity contribution in [1.82, 2.24) is 24.9 Å². The predicted octanol–water partition coefficient (Wildman–Crippen LogP) is 3.49. The number of allylic oxidation sites excluding steroid dienone is 1. The van der Waals surface area contributed by atoms with E-state index in [4.69, 9.17) is 16.6 Å². The Kier molecular flexibility index (Phi) is 5.31. The monoisotopic (exact) mass is 414 g/mol. The minimum Gasteiger partial charge on any atom is -0.401 e. The molecule has 8 heteroatoms. The van der Waals surface area contributed by atoms with Crippen LogP contribution in [0, 0.1) is 6.92 Å². The first-order valence-electron chi connectivity index (χ1n) is 9.93. The van der Waals surface area contributed by atoms with Gasteiger partial charge >= 0.3 is 0 Å². The van der Waals surface area contributed by atoms with E-state index in [9.17, 15) is 0 Å². The molecule has 0 saturated carbocycles. The molecule has 8 nitrogen and oxygen atoms in total. The van der Waals surface area contributed by atoms with Gasteiger partial charge in [0, 0.05) is 49.5 Å². The van der Waals surface area contributed by atoms with Gasteiger partial charge in [0.05, 0.1) is 33.7 Å². The predicted molar refractivity (Wildman–Crippen MR) is 126 cm³/mol. The van der Waals surface area contributed by atoms with E-state index in [1.807, 2.05) is 57.4 Å². The number of aryl methyl sites for hydroxylation is 1. The molecule has 0 radical (unpaired) electrons. The van der Waals surface area contributed by atoms with Crippen LogP contribution in [0.5, 0.6) is 0 Å². The van der Waals surface area contributed by atoms with Crippen molar-refractivity contribution in [2.24, 2.45) is 11.6 Å². The second kappa shape index (κ2) is 8.08. The number of nitrogens with one attached hydrogen (secondary N) is 2. The van der Waals surface area contributed by atoms with Crippen molar-refractivity contribution >= 4 is 22.5 Å². The van der Waals surface area contributed by atoms with Gasteiger partial charge in [0.25, 0.3) is 0 Å². The summed E-state index contributed by atoms with van der Waals surface area (Å²) < 4.78 is 0. The van der Waals surface area contributed by atoms with Gasteiger partial charge in [-0.15, -0.1) is 0 Å². The summed E-state index contributed by atoms with van der Waals surface area (Å²) in [5.41, 5.74) is 14.7. The van der Waals surface area contributed by atoms with E-state index < -0.39 is 0 Å². The van der Waals surface area contributed by atoms with Gasteiger partial charge in [0.15, 0.2) is 0 Å². The maximum Gasteiger partial charge on any atom is 0.126 e. The van der Waals surface area contributed by atoms with Crippen LogP contribution in [0.4, 0.5) is 5.82 Å². The largest absolute Gasteiger partial charge is 0.401 e. The van der Waals surface area contributed by atoms with Crippen molar-refractivity contribution in [1.29, 1.82) is 0 Å². The number of rotatable bonds is 5. The topological polar surface area (TPSA) is 122 Å². The lowest BCUT2D eigenvalue weighted by molar-refractivity contribution is 0.507. The summed E-state index contributed by atoms with van der Waals surface area (Å²) in [5.74, 6) is 6.79. The number of pyridine rings is 3. The molecule has 4 heterocycles. The van der Waals surface area contributed by atoms with Gasteiger partial charge in [-0.1, -0.05) is 6.07 Å². The maximum atomic E-state index is 6.07. The lowest BCUT2D eigenvalue weighted by Crippen LogP contribution is -2.26. The van der Waals surface area contributed by atoms with Crippen LogP contribution in [0.15, 0.2) is 54.6 Å². The fraction of sp³-hybridized carbons (Fsp3) is 0.174. The number of anilines is 1. The van der Waals surface area contributed by atoms with Crippen LogP contribution in [0.3, 0.4) is 0 Å². The fourth-order valence-corrected chi connectivity index (χ4v) is 3.72. The molecule has 0 saturated heterocycles. The second-order valence-corrected chi connectivity index (χ2v) is 7.54. The molecule has 0 fully saturated rings. The number of nitrogens with two attached hydrogens (primary N) is 2. The molecule has 0 atom stereocenters. The molecule has 4 rings (SSSR count). The minimum absolute atomic E-state index is 0.617. The van der Waals surface area contributed by atoms with Crippen LogP contribution in [0.2, 0.25) is 0 Å². The van der Waals surface area contributed by atoms with Gasteiger partial charge in [0.1, 0.15) is 5.82 Å². The van der Waals surface area contributed by atoms with E-state index in [1.54, 1.807) is 19.4 Å². The average molecular weight is 415 g/mol. The Morgan fingerprint density at radius 3 is 2.55 bits per heavy atom. The van der Waals surface area contributed by atoms with E-state index in [2.05, 4.69) is 20.3 Å². The number of hydrogen-bond donors (Lipinski definition) is 4. The molecule has 0 amide bonds. The van der Waals surface area contributed by atoms with Crippen molar-refractivity contribution in [2.45, 2.75) is 13.8 Å². The third-order valence-corrected chi connectivity index (χ3v) is 5.11. The van der Waals surface area contributed by atoms with E-state index in [0.717, 1.165) is 56.2 Å². The molecule has 4 aromatic rings. The molecule has 0 aliphatic heterocycles. The molecule has 6 N–H and O–H groups in total. The SMILES string of the molecule is CNc1cc(-c2[nH]c3cc(/C(=C(\C)N)N(C)N)cnc3c2-c2ccc(C)cn2)ccn1. The lowest BCUT2D eigenvalue weighted by Gasteiger charge is -2.18. The molecule has 0 bridgehead atoms. The molecule has 0 unspecified atom stereocenters. The van der Waals surface area contributed by atoms with Gasteiger partial charge < -0.3 is 21.0 Å². The van der Waals surface area contributed by atoms with Crippen molar-refractivity contribution in [3.05, 3.63) is 65.7 Å². The average Bonchev–Trinajstić information content (AvgIpc) is 3.13. The summed E-state index contributed by atoms with van der Waals surface area (Å²) >= 11 is 0. The molecule has 31 heavy (non-hydrogen) atoms. The number of hydrogen-bond acceptors (Lipinski definition) is 7. The Bertz CT molecular complexity index is 1260. The van der Waals surface area contributed by atoms with Gasteiger partial charge in [0.2, 0.25) is 0 Å². The van der Waals surface area contributed by atoms with Crippen LogP contribution in [-0.4, -0.2) is 39.0 Å². The molecular formula is C23H26N8. The Morgan fingerprint density at radius 1 is 1.10 bits per heavy atom. The highest BCUT2D eigenvalue weighted by molar-refractivity contribution is 6.01. The van der Waals surface area contributed by atoms with E-state index in [0.29, 0.717) is 5.70 Å². The molecule has 0 aromatic carbocycles. The molecule has 0 aliphatic carbocycles. The van der Waals surface area contributed by atoms with E-state index in [1.165, 1.54) is 5.01 Å². The molecule has 0 spiro atoms. The number of fused-ring (bicyclic) bond motifs is 1. The Hall–Kier alpha value is -3.91. The Labute approximate surface area is 181 Å². The highest BCUT2D eigenvalue weighted by Gasteiger charge is 2.19. The molecule has 0 aliphatic rings. The standard InChI is InChI=1S/C23H26N8/c1-13-5-6-17(28-11-13)20-21(15-7-8-27-19(10-15)26-3)30-18-9-16(12-29-22(18)20)23(14(2)24)31(4)25/h5-12,30H,24-25H2,1-4H3,(H,26,27)/b23-14-. The van der Waals surface area contributed by atoms with Crippen molar-refractivity contribution < 1.29 is 0 Å². The summed E-state index contributed by atoms with van der Waals surface area (Å²) in [6.45, 7) is 3.84. The smallest absolute Gasteiger partial charge is 0.126 e. The number of aromatic amines is 1. The van der Waals surface area contributed by atoms with Crippen molar-refractivity contribution in [3.63, 3.8) is 0 Å². The fourth-order valence-electron chi connectivity index (χ4n) is 3.72. The highest BCUT2D eigenvalue weighted by Crippen LogP contribution is 2.37. The first-order chi connectivity index (χ1) is 14.9. The molecule has 158 valence electrons. The number of nitrogens with zero attached hydrogens (tertiary/aromatic N) is 4. The van der Waals surface area contributed by atoms with Crippen molar-refractivity contribution in [2.75, 3.05) is 19.4 Å². The van der Waals surface area contributed by atoms with Gasteiger partial charge in [-0.3, -0.25) is 9.97 Å². The van der Waals surface area contributed by atoms with Crippen LogP contribution in [-0.2, 0) is 0 Å². The second-order valence-electron chi connectivity index (χ2n) is 7.54. The first-order valence-corrected chi connectivity index (χ1v) is 9.93. The minimum atomic E-state index is 0.617. The zero-order valence-corrected chi connectivity index (χ0v) is 18.1. The maximum absolute atomic E-state index is 6.07. The Morgan fingerprint density at radius 2 is 1.90 bits per heavy atom. The number of H-pyrrole nitrogens is 1. The van der Waals surface area contributed by atoms with Gasteiger partial charge in [-0.05, 0) is 43.7 Å². The van der Waals surface area contributed by atoms with Crippen molar-refractivity contribution in [3.8, 4) is 22.5 Å². The summed E-state index contributed by atoms with van der Waals surface area (Å²) in [4.78, 5) is 17.3. The zero-order chi connectivity index (χ0) is 22.1. The van der Waals surface area contributed by atoms with E-state index >= 15 is 0 Å². The number of aromatic nitrogens is 4. The normalized spacial score (nSPS) is 12.0. The highest BCUT2D eigenvalue weighted by atomic mass is 15.4. The van der Waals surface area contributed by atoms with Crippen LogP contribution in [0.1, 0.15) is 18.1 Å². The van der Waals surface area contributed by atoms with Gasteiger partial charge in [-0.25, -0.2) is 10.8 Å². The summed E-state index contributed by atoms with van der Waals surface area (Å²) in [7, 11) is 3.61. The third-order valence-electron chi connectivity index (χ3n) is 5.11. The molecule has 4 aromatic heterocycles. The molecular weight excluding hydrogens is 388 g/mol. The summed E-state index contributed by atoms with van der Waals surface area (Å²) in [6, 6.07) is 10.0. The third kappa shape index (κ3) is 3.80. The number of hydrazine groups is 1. The quantitative estimate of drug-likeness (QED) is 0.291. The van der Waals surface area contributed by atoms with Crippen LogP contribution in [0.25, 0.3) is 39.2 Å². The Balaban J connectivity index is 1.99. The first kappa shape index (κ1) is 20.4. The van der Waals surface area contributed by atoms with E-state index in [-0.39, 0.29) is 0 Å². The lowest BCUT2D eigenvalue weighted by atomic mass is 10.0. The zero-order valence-electron chi connectivity index (χ0n) is 18.1. The van der Waals surface area contributed by atoms with Gasteiger partial charge in [-0.2, -0.15) is 0 Å². The summed E-state index contributed by atoms with van der Waals surface area (Å²) in [5, 5.41) is 4.60.